The molecule has 5 aromatic rings. The van der Waals surface area contributed by atoms with Gasteiger partial charge in [-0.1, -0.05) is 24.3 Å². The van der Waals surface area contributed by atoms with Gasteiger partial charge in [-0.05, 0) is 48.7 Å². The summed E-state index contributed by atoms with van der Waals surface area (Å²) in [5.41, 5.74) is 12.9. The zero-order valence-corrected chi connectivity index (χ0v) is 17.7. The molecule has 0 aliphatic rings. The molecular formula is C25H25N5O. The predicted molar refractivity (Wildman–Crippen MR) is 124 cm³/mol. The van der Waals surface area contributed by atoms with E-state index in [-0.39, 0.29) is 6.04 Å². The number of aryl methyl sites for hydroxylation is 2. The summed E-state index contributed by atoms with van der Waals surface area (Å²) in [6, 6.07) is 16.5. The Morgan fingerprint density at radius 2 is 1.94 bits per heavy atom. The van der Waals surface area contributed by atoms with Crippen LogP contribution in [0.25, 0.3) is 32.9 Å². The molecule has 1 atom stereocenters. The molecule has 0 aliphatic carbocycles. The number of benzene rings is 2. The first-order valence-corrected chi connectivity index (χ1v) is 10.4. The molecule has 6 nitrogen and oxygen atoms in total. The number of hydrogen-bond acceptors (Lipinski definition) is 4. The van der Waals surface area contributed by atoms with Crippen molar-refractivity contribution in [3.63, 3.8) is 0 Å². The highest BCUT2D eigenvalue weighted by Crippen LogP contribution is 2.28. The molecule has 0 aliphatic heterocycles. The van der Waals surface area contributed by atoms with Gasteiger partial charge in [0.1, 0.15) is 12.4 Å². The number of H-pyrrole nitrogens is 1. The zero-order chi connectivity index (χ0) is 21.4. The van der Waals surface area contributed by atoms with Crippen LogP contribution in [-0.4, -0.2) is 32.4 Å². The number of nitrogens with zero attached hydrogens (tertiary/aromatic N) is 3. The molecule has 0 spiro atoms. The molecule has 0 fully saturated rings. The summed E-state index contributed by atoms with van der Waals surface area (Å²) in [6.45, 7) is 2.45. The van der Waals surface area contributed by atoms with Crippen LogP contribution in [0.4, 0.5) is 0 Å². The van der Waals surface area contributed by atoms with Crippen molar-refractivity contribution in [1.82, 2.24) is 19.7 Å². The van der Waals surface area contributed by atoms with E-state index in [9.17, 15) is 0 Å². The molecule has 5 rings (SSSR count). The van der Waals surface area contributed by atoms with Crippen molar-refractivity contribution in [2.75, 3.05) is 6.61 Å². The minimum absolute atomic E-state index is 0.114. The Balaban J connectivity index is 1.30. The lowest BCUT2D eigenvalue weighted by Crippen LogP contribution is -2.30. The molecule has 0 bridgehead atoms. The molecule has 0 amide bonds. The van der Waals surface area contributed by atoms with Gasteiger partial charge >= 0.3 is 0 Å². The van der Waals surface area contributed by atoms with Gasteiger partial charge < -0.3 is 15.5 Å². The lowest BCUT2D eigenvalue weighted by molar-refractivity contribution is 0.287. The summed E-state index contributed by atoms with van der Waals surface area (Å²) in [7, 11) is 1.96. The van der Waals surface area contributed by atoms with Crippen LogP contribution in [0.3, 0.4) is 0 Å². The molecule has 3 N–H and O–H groups in total. The minimum Gasteiger partial charge on any atom is -0.490 e. The van der Waals surface area contributed by atoms with Gasteiger partial charge in [0.05, 0.1) is 17.4 Å². The van der Waals surface area contributed by atoms with Gasteiger partial charge in [-0.25, -0.2) is 0 Å². The van der Waals surface area contributed by atoms with E-state index in [0.717, 1.165) is 45.4 Å². The molecule has 0 unspecified atom stereocenters. The summed E-state index contributed by atoms with van der Waals surface area (Å²) >= 11 is 0. The molecule has 31 heavy (non-hydrogen) atoms. The van der Waals surface area contributed by atoms with E-state index >= 15 is 0 Å². The SMILES string of the molecule is Cc1nn(C)c2ccc(-c3cncc(OC[C@@H](N)Cc4c[nH]c5ccccc45)c3)cc12. The number of rotatable bonds is 6. The van der Waals surface area contributed by atoms with Gasteiger partial charge in [-0.3, -0.25) is 9.67 Å². The molecular weight excluding hydrogens is 386 g/mol. The van der Waals surface area contributed by atoms with Crippen molar-refractivity contribution in [3.8, 4) is 16.9 Å². The number of fused-ring (bicyclic) bond motifs is 2. The van der Waals surface area contributed by atoms with E-state index in [0.29, 0.717) is 6.61 Å². The smallest absolute Gasteiger partial charge is 0.138 e. The molecule has 0 saturated carbocycles. The highest BCUT2D eigenvalue weighted by molar-refractivity contribution is 5.87. The van der Waals surface area contributed by atoms with Crippen molar-refractivity contribution in [1.29, 1.82) is 0 Å². The maximum atomic E-state index is 6.37. The number of aromatic nitrogens is 4. The first-order valence-electron chi connectivity index (χ1n) is 10.4. The first kappa shape index (κ1) is 19.3. The van der Waals surface area contributed by atoms with E-state index in [1.54, 1.807) is 6.20 Å². The summed E-state index contributed by atoms with van der Waals surface area (Å²) < 4.78 is 7.90. The molecule has 0 radical (unpaired) electrons. The fourth-order valence-electron chi connectivity index (χ4n) is 4.12. The highest BCUT2D eigenvalue weighted by Gasteiger charge is 2.11. The van der Waals surface area contributed by atoms with E-state index in [1.165, 1.54) is 10.9 Å². The molecule has 2 aromatic carbocycles. The third-order valence-corrected chi connectivity index (χ3v) is 5.70. The quantitative estimate of drug-likeness (QED) is 0.435. The van der Waals surface area contributed by atoms with Crippen LogP contribution in [0.15, 0.2) is 67.1 Å². The number of ether oxygens (including phenoxy) is 1. The van der Waals surface area contributed by atoms with Crippen molar-refractivity contribution < 1.29 is 4.74 Å². The zero-order valence-electron chi connectivity index (χ0n) is 17.7. The van der Waals surface area contributed by atoms with Gasteiger partial charge in [-0.15, -0.1) is 0 Å². The summed E-state index contributed by atoms with van der Waals surface area (Å²) in [6.07, 6.45) is 6.36. The average Bonchev–Trinajstić information content (AvgIpc) is 3.32. The minimum atomic E-state index is -0.114. The van der Waals surface area contributed by atoms with Crippen molar-refractivity contribution in [3.05, 3.63) is 78.4 Å². The average molecular weight is 412 g/mol. The highest BCUT2D eigenvalue weighted by atomic mass is 16.5. The number of hydrogen-bond donors (Lipinski definition) is 2. The van der Waals surface area contributed by atoms with Gasteiger partial charge in [0.15, 0.2) is 0 Å². The lowest BCUT2D eigenvalue weighted by atomic mass is 10.0. The Bertz CT molecular complexity index is 1370. The van der Waals surface area contributed by atoms with Crippen LogP contribution in [0.2, 0.25) is 0 Å². The van der Waals surface area contributed by atoms with Gasteiger partial charge in [0.25, 0.3) is 0 Å². The number of nitrogens with two attached hydrogens (primary N) is 1. The third kappa shape index (κ3) is 3.78. The normalized spacial score (nSPS) is 12.5. The van der Waals surface area contributed by atoms with Crippen LogP contribution >= 0.6 is 0 Å². The van der Waals surface area contributed by atoms with Gasteiger partial charge in [0, 0.05) is 47.3 Å². The number of pyridine rings is 1. The fraction of sp³-hybridized carbons (Fsp3) is 0.200. The van der Waals surface area contributed by atoms with Crippen molar-refractivity contribution >= 4 is 21.8 Å². The Kier molecular flexibility index (Phi) is 4.92. The Morgan fingerprint density at radius 3 is 2.84 bits per heavy atom. The molecule has 156 valence electrons. The van der Waals surface area contributed by atoms with Gasteiger partial charge in [0.2, 0.25) is 0 Å². The van der Waals surface area contributed by atoms with Gasteiger partial charge in [-0.2, -0.15) is 5.10 Å². The Morgan fingerprint density at radius 1 is 1.06 bits per heavy atom. The van der Waals surface area contributed by atoms with Crippen LogP contribution in [0.5, 0.6) is 5.75 Å². The van der Waals surface area contributed by atoms with Crippen LogP contribution in [0, 0.1) is 6.92 Å². The number of para-hydroxylation sites is 1. The second-order valence-corrected chi connectivity index (χ2v) is 7.98. The van der Waals surface area contributed by atoms with E-state index in [2.05, 4.69) is 45.4 Å². The lowest BCUT2D eigenvalue weighted by Gasteiger charge is -2.13. The first-order chi connectivity index (χ1) is 15.1. The van der Waals surface area contributed by atoms with Crippen LogP contribution in [-0.2, 0) is 13.5 Å². The Hall–Kier alpha value is -3.64. The van der Waals surface area contributed by atoms with Crippen LogP contribution in [0.1, 0.15) is 11.3 Å². The monoisotopic (exact) mass is 411 g/mol. The maximum Gasteiger partial charge on any atom is 0.138 e. The second kappa shape index (κ2) is 7.89. The van der Waals surface area contributed by atoms with Crippen LogP contribution < -0.4 is 10.5 Å². The predicted octanol–water partition coefficient (Wildman–Crippen LogP) is 4.37. The van der Waals surface area contributed by atoms with E-state index < -0.39 is 0 Å². The number of nitrogens with one attached hydrogen (secondary N) is 1. The third-order valence-electron chi connectivity index (χ3n) is 5.70. The fourth-order valence-corrected chi connectivity index (χ4v) is 4.12. The molecule has 3 heterocycles. The molecule has 0 saturated heterocycles. The maximum absolute atomic E-state index is 6.37. The van der Waals surface area contributed by atoms with E-state index in [4.69, 9.17) is 10.5 Å². The topological polar surface area (TPSA) is 81.8 Å². The standard InChI is InChI=1S/C25H25N5O/c1-16-23-11-17(7-8-25(23)30(2)29-16)18-10-21(14-27-12-18)31-15-20(26)9-19-13-28-24-6-4-3-5-22(19)24/h3-8,10-14,20,28H,9,15,26H2,1-2H3/t20-/m0/s1. The van der Waals surface area contributed by atoms with Crippen molar-refractivity contribution in [2.45, 2.75) is 19.4 Å². The Labute approximate surface area is 180 Å². The number of aromatic amines is 1. The summed E-state index contributed by atoms with van der Waals surface area (Å²) in [5, 5.41) is 6.86. The summed E-state index contributed by atoms with van der Waals surface area (Å²) in [5.74, 6) is 0.717. The summed E-state index contributed by atoms with van der Waals surface area (Å²) in [4.78, 5) is 7.67. The largest absolute Gasteiger partial charge is 0.490 e. The second-order valence-electron chi connectivity index (χ2n) is 7.98. The molecule has 6 heteroatoms. The van der Waals surface area contributed by atoms with E-state index in [1.807, 2.05) is 49.2 Å². The molecule has 3 aromatic heterocycles. The van der Waals surface area contributed by atoms with Crippen molar-refractivity contribution in [2.24, 2.45) is 12.8 Å².